The summed E-state index contributed by atoms with van der Waals surface area (Å²) < 4.78 is 5.66. The maximum absolute atomic E-state index is 13.5. The number of hydrogen-bond acceptors (Lipinski definition) is 5. The largest absolute Gasteiger partial charge is 0.376 e. The molecule has 0 aromatic carbocycles. The summed E-state index contributed by atoms with van der Waals surface area (Å²) in [6.07, 6.45) is 5.39. The van der Waals surface area contributed by atoms with E-state index in [1.807, 2.05) is 17.9 Å². The number of aromatic nitrogens is 2. The molecule has 0 radical (unpaired) electrons. The average molecular weight is 460 g/mol. The molecule has 1 aromatic heterocycles. The number of carbonyl (C=O) groups is 3. The number of carbonyl (C=O) groups excluding carboxylic acids is 3. The van der Waals surface area contributed by atoms with Crippen LogP contribution in [0.25, 0.3) is 0 Å². The lowest BCUT2D eigenvalue weighted by Crippen LogP contribution is -2.56. The summed E-state index contributed by atoms with van der Waals surface area (Å²) >= 11 is 0. The van der Waals surface area contributed by atoms with E-state index in [1.165, 1.54) is 4.90 Å². The number of rotatable bonds is 8. The van der Waals surface area contributed by atoms with Gasteiger partial charge in [-0.2, -0.15) is 5.10 Å². The minimum atomic E-state index is -0.879. The molecule has 4 amide bonds. The van der Waals surface area contributed by atoms with E-state index in [2.05, 4.69) is 29.4 Å². The van der Waals surface area contributed by atoms with Gasteiger partial charge in [-0.25, -0.2) is 4.79 Å². The molecule has 0 spiro atoms. The van der Waals surface area contributed by atoms with Crippen molar-refractivity contribution >= 4 is 17.8 Å². The highest BCUT2D eigenvalue weighted by Crippen LogP contribution is 2.37. The molecule has 3 fully saturated rings. The molecule has 2 atom stereocenters. The Kier molecular flexibility index (Phi) is 7.07. The standard InChI is InChI=1S/C24H37N5O4/c1-4-9-24(22(31)29(23(32)25-24)15-19-6-5-12-33-19)17-7-10-28(11-8-17)21(30)20-14-18(26-27-20)13-16(2)3/h14,16-17,19H,4-13,15H2,1-3H3,(H,25,32)(H,26,27)/t19-,24-/m1/s1. The van der Waals surface area contributed by atoms with Crippen molar-refractivity contribution in [1.82, 2.24) is 25.3 Å². The second kappa shape index (κ2) is 9.83. The van der Waals surface area contributed by atoms with Crippen LogP contribution in [-0.4, -0.2) is 75.7 Å². The van der Waals surface area contributed by atoms with Gasteiger partial charge in [-0.1, -0.05) is 27.2 Å². The van der Waals surface area contributed by atoms with E-state index in [-0.39, 0.29) is 29.9 Å². The number of hydrogen-bond donors (Lipinski definition) is 2. The third-order valence-corrected chi connectivity index (χ3v) is 7.21. The molecule has 3 saturated heterocycles. The molecule has 0 saturated carbocycles. The van der Waals surface area contributed by atoms with Crippen LogP contribution in [0.3, 0.4) is 0 Å². The zero-order valence-electron chi connectivity index (χ0n) is 20.1. The molecule has 0 unspecified atom stereocenters. The van der Waals surface area contributed by atoms with Gasteiger partial charge in [0.15, 0.2) is 0 Å². The van der Waals surface area contributed by atoms with Crippen molar-refractivity contribution in [3.63, 3.8) is 0 Å². The van der Waals surface area contributed by atoms with Crippen LogP contribution in [0.5, 0.6) is 0 Å². The number of piperidine rings is 1. The van der Waals surface area contributed by atoms with Crippen LogP contribution in [0.15, 0.2) is 6.07 Å². The number of H-pyrrole nitrogens is 1. The van der Waals surface area contributed by atoms with Crippen LogP contribution in [0, 0.1) is 11.8 Å². The van der Waals surface area contributed by atoms with Crippen molar-refractivity contribution in [3.05, 3.63) is 17.5 Å². The zero-order valence-corrected chi connectivity index (χ0v) is 20.1. The van der Waals surface area contributed by atoms with Gasteiger partial charge in [-0.3, -0.25) is 19.6 Å². The second-order valence-electron chi connectivity index (χ2n) is 10.1. The van der Waals surface area contributed by atoms with E-state index in [9.17, 15) is 14.4 Å². The molecule has 1 aromatic rings. The van der Waals surface area contributed by atoms with Crippen molar-refractivity contribution in [1.29, 1.82) is 0 Å². The summed E-state index contributed by atoms with van der Waals surface area (Å²) in [5, 5.41) is 10.3. The summed E-state index contributed by atoms with van der Waals surface area (Å²) in [6, 6.07) is 1.54. The van der Waals surface area contributed by atoms with Crippen LogP contribution < -0.4 is 5.32 Å². The number of urea groups is 1. The number of ether oxygens (including phenoxy) is 1. The Labute approximate surface area is 195 Å². The fourth-order valence-electron chi connectivity index (χ4n) is 5.60. The van der Waals surface area contributed by atoms with Crippen molar-refractivity contribution < 1.29 is 19.1 Å². The third-order valence-electron chi connectivity index (χ3n) is 7.21. The number of likely N-dealkylation sites (tertiary alicyclic amines) is 1. The molecule has 9 heteroatoms. The normalized spacial score (nSPS) is 26.5. The Morgan fingerprint density at radius 1 is 1.27 bits per heavy atom. The fraction of sp³-hybridized carbons (Fsp3) is 0.750. The topological polar surface area (TPSA) is 108 Å². The first-order chi connectivity index (χ1) is 15.8. The molecule has 2 N–H and O–H groups in total. The Morgan fingerprint density at radius 3 is 2.67 bits per heavy atom. The Bertz CT molecular complexity index is 870. The molecular formula is C24H37N5O4. The first kappa shape index (κ1) is 23.7. The van der Waals surface area contributed by atoms with Gasteiger partial charge in [0.25, 0.3) is 11.8 Å². The Balaban J connectivity index is 1.41. The molecule has 3 aliphatic heterocycles. The Morgan fingerprint density at radius 2 is 2.03 bits per heavy atom. The minimum absolute atomic E-state index is 0.00290. The molecule has 0 aliphatic carbocycles. The van der Waals surface area contributed by atoms with Gasteiger partial charge in [0.1, 0.15) is 11.2 Å². The highest BCUT2D eigenvalue weighted by atomic mass is 16.5. The highest BCUT2D eigenvalue weighted by molar-refractivity contribution is 6.07. The summed E-state index contributed by atoms with van der Waals surface area (Å²) in [6.45, 7) is 8.41. The first-order valence-electron chi connectivity index (χ1n) is 12.4. The monoisotopic (exact) mass is 459 g/mol. The smallest absolute Gasteiger partial charge is 0.325 e. The maximum atomic E-state index is 13.5. The summed E-state index contributed by atoms with van der Waals surface area (Å²) in [5.41, 5.74) is 0.534. The van der Waals surface area contributed by atoms with Crippen LogP contribution in [0.1, 0.15) is 75.5 Å². The van der Waals surface area contributed by atoms with E-state index < -0.39 is 5.54 Å². The van der Waals surface area contributed by atoms with Gasteiger partial charge in [0, 0.05) is 25.4 Å². The average Bonchev–Trinajstić information content (AvgIpc) is 3.52. The lowest BCUT2D eigenvalue weighted by atomic mass is 9.74. The fourth-order valence-corrected chi connectivity index (χ4v) is 5.60. The van der Waals surface area contributed by atoms with Gasteiger partial charge >= 0.3 is 6.03 Å². The summed E-state index contributed by atoms with van der Waals surface area (Å²) in [7, 11) is 0. The molecule has 182 valence electrons. The van der Waals surface area contributed by atoms with E-state index in [0.29, 0.717) is 57.1 Å². The number of aromatic amines is 1. The van der Waals surface area contributed by atoms with Crippen LogP contribution in [0.4, 0.5) is 4.79 Å². The van der Waals surface area contributed by atoms with Gasteiger partial charge < -0.3 is 15.0 Å². The van der Waals surface area contributed by atoms with Gasteiger partial charge in [0.2, 0.25) is 0 Å². The van der Waals surface area contributed by atoms with E-state index in [4.69, 9.17) is 4.74 Å². The van der Waals surface area contributed by atoms with Gasteiger partial charge in [0.05, 0.1) is 12.6 Å². The molecule has 3 aliphatic rings. The number of nitrogens with zero attached hydrogens (tertiary/aromatic N) is 3. The van der Waals surface area contributed by atoms with E-state index >= 15 is 0 Å². The Hall–Kier alpha value is -2.42. The molecule has 33 heavy (non-hydrogen) atoms. The quantitative estimate of drug-likeness (QED) is 0.581. The molecule has 9 nitrogen and oxygen atoms in total. The van der Waals surface area contributed by atoms with Gasteiger partial charge in [-0.15, -0.1) is 0 Å². The van der Waals surface area contributed by atoms with Gasteiger partial charge in [-0.05, 0) is 56.4 Å². The van der Waals surface area contributed by atoms with E-state index in [1.54, 1.807) is 0 Å². The number of nitrogens with one attached hydrogen (secondary N) is 2. The number of amides is 4. The first-order valence-corrected chi connectivity index (χ1v) is 12.4. The van der Waals surface area contributed by atoms with Crippen LogP contribution >= 0.6 is 0 Å². The predicted molar refractivity (Wildman–Crippen MR) is 123 cm³/mol. The highest BCUT2D eigenvalue weighted by Gasteiger charge is 2.55. The number of imide groups is 1. The van der Waals surface area contributed by atoms with Crippen LogP contribution in [-0.2, 0) is 16.0 Å². The van der Waals surface area contributed by atoms with Crippen molar-refractivity contribution in [2.24, 2.45) is 11.8 Å². The van der Waals surface area contributed by atoms with Crippen molar-refractivity contribution in [3.8, 4) is 0 Å². The van der Waals surface area contributed by atoms with Crippen molar-refractivity contribution in [2.75, 3.05) is 26.2 Å². The minimum Gasteiger partial charge on any atom is -0.376 e. The lowest BCUT2D eigenvalue weighted by Gasteiger charge is -2.40. The van der Waals surface area contributed by atoms with E-state index in [0.717, 1.165) is 31.4 Å². The second-order valence-corrected chi connectivity index (χ2v) is 10.1. The SMILES string of the molecule is CCC[C@]1(C2CCN(C(=O)c3cc(CC(C)C)[nH]n3)CC2)NC(=O)N(C[C@H]2CCCO2)C1=O. The van der Waals surface area contributed by atoms with Crippen molar-refractivity contribution in [2.45, 2.75) is 77.4 Å². The third kappa shape index (κ3) is 4.78. The predicted octanol–water partition coefficient (Wildman–Crippen LogP) is 2.73. The zero-order chi connectivity index (χ0) is 23.6. The van der Waals surface area contributed by atoms with Crippen LogP contribution in [0.2, 0.25) is 0 Å². The molecule has 4 heterocycles. The molecule has 4 rings (SSSR count). The lowest BCUT2D eigenvalue weighted by molar-refractivity contribution is -0.135. The molecule has 0 bridgehead atoms. The summed E-state index contributed by atoms with van der Waals surface area (Å²) in [5.74, 6) is 0.285. The summed E-state index contributed by atoms with van der Waals surface area (Å²) in [4.78, 5) is 42.5. The maximum Gasteiger partial charge on any atom is 0.325 e. The molecular weight excluding hydrogens is 422 g/mol.